The lowest BCUT2D eigenvalue weighted by molar-refractivity contribution is 0.0911. The van der Waals surface area contributed by atoms with Crippen LogP contribution in [-0.4, -0.2) is 30.0 Å². The molecule has 0 spiro atoms. The molecule has 0 aromatic carbocycles. The van der Waals surface area contributed by atoms with E-state index in [4.69, 9.17) is 4.42 Å². The second-order valence-corrected chi connectivity index (χ2v) is 5.48. The van der Waals surface area contributed by atoms with Crippen LogP contribution in [0.2, 0.25) is 0 Å². The zero-order chi connectivity index (χ0) is 13.9. The molecule has 2 aromatic rings. The number of amides is 1. The number of pyridine rings is 1. The molecule has 1 saturated heterocycles. The number of rotatable bonds is 3. The Labute approximate surface area is 125 Å². The van der Waals surface area contributed by atoms with Crippen molar-refractivity contribution < 1.29 is 9.21 Å². The van der Waals surface area contributed by atoms with E-state index in [0.29, 0.717) is 10.4 Å². The largest absolute Gasteiger partial charge is 0.444 e. The van der Waals surface area contributed by atoms with Gasteiger partial charge in [0.2, 0.25) is 0 Å². The van der Waals surface area contributed by atoms with Crippen LogP contribution in [0.15, 0.2) is 45.6 Å². The van der Waals surface area contributed by atoms with Crippen LogP contribution in [0.4, 0.5) is 5.82 Å². The quantitative estimate of drug-likeness (QED) is 0.935. The third kappa shape index (κ3) is 2.85. The van der Waals surface area contributed by atoms with E-state index >= 15 is 0 Å². The normalized spacial score (nSPS) is 18.2. The summed E-state index contributed by atoms with van der Waals surface area (Å²) in [5.41, 5.74) is 0. The zero-order valence-electron chi connectivity index (χ0n) is 10.8. The summed E-state index contributed by atoms with van der Waals surface area (Å²) in [6.45, 7) is 1.66. The monoisotopic (exact) mass is 335 g/mol. The number of nitrogens with one attached hydrogen (secondary N) is 1. The Morgan fingerprint density at radius 2 is 2.30 bits per heavy atom. The first-order chi connectivity index (χ1) is 9.72. The molecule has 0 radical (unpaired) electrons. The van der Waals surface area contributed by atoms with Gasteiger partial charge in [0, 0.05) is 25.3 Å². The molecular formula is C14H14BrN3O2. The summed E-state index contributed by atoms with van der Waals surface area (Å²) >= 11 is 3.19. The molecule has 1 amide bonds. The second-order valence-electron chi connectivity index (χ2n) is 4.70. The number of anilines is 1. The Kier molecular flexibility index (Phi) is 3.73. The topological polar surface area (TPSA) is 58.4 Å². The first-order valence-electron chi connectivity index (χ1n) is 6.44. The van der Waals surface area contributed by atoms with Gasteiger partial charge in [0.1, 0.15) is 5.82 Å². The van der Waals surface area contributed by atoms with E-state index < -0.39 is 0 Å². The van der Waals surface area contributed by atoms with Crippen LogP contribution in [0.1, 0.15) is 17.0 Å². The molecule has 1 atom stereocenters. The van der Waals surface area contributed by atoms with E-state index in [1.807, 2.05) is 18.2 Å². The van der Waals surface area contributed by atoms with Gasteiger partial charge in [0.25, 0.3) is 5.91 Å². The fraction of sp³-hybridized carbons (Fsp3) is 0.286. The Morgan fingerprint density at radius 1 is 1.40 bits per heavy atom. The van der Waals surface area contributed by atoms with Crippen LogP contribution < -0.4 is 10.2 Å². The maximum absolute atomic E-state index is 12.0. The maximum atomic E-state index is 12.0. The van der Waals surface area contributed by atoms with E-state index in [1.54, 1.807) is 18.3 Å². The van der Waals surface area contributed by atoms with Crippen molar-refractivity contribution in [2.75, 3.05) is 18.0 Å². The number of halogens is 1. The van der Waals surface area contributed by atoms with Gasteiger partial charge in [-0.25, -0.2) is 4.98 Å². The van der Waals surface area contributed by atoms with Crippen LogP contribution >= 0.6 is 15.9 Å². The smallest absolute Gasteiger partial charge is 0.287 e. The minimum Gasteiger partial charge on any atom is -0.444 e. The summed E-state index contributed by atoms with van der Waals surface area (Å²) in [7, 11) is 0. The molecule has 1 aliphatic heterocycles. The molecule has 2 aromatic heterocycles. The standard InChI is InChI=1S/C14H14BrN3O2/c15-12-5-4-11(20-12)14(19)17-10-6-8-18(9-10)13-3-1-2-7-16-13/h1-5,7,10H,6,8-9H2,(H,17,19)/t10-/m0/s1. The van der Waals surface area contributed by atoms with E-state index in [0.717, 1.165) is 25.3 Å². The fourth-order valence-electron chi connectivity index (χ4n) is 2.32. The average Bonchev–Trinajstić information content (AvgIpc) is 3.09. The SMILES string of the molecule is O=C(N[C@H]1CCN(c2ccccn2)C1)c1ccc(Br)o1. The number of carbonyl (C=O) groups is 1. The zero-order valence-corrected chi connectivity index (χ0v) is 12.3. The molecule has 0 aliphatic carbocycles. The average molecular weight is 336 g/mol. The third-order valence-corrected chi connectivity index (χ3v) is 3.72. The van der Waals surface area contributed by atoms with Crippen LogP contribution in [0.25, 0.3) is 0 Å². The molecule has 1 fully saturated rings. The molecule has 0 unspecified atom stereocenters. The molecule has 3 rings (SSSR count). The first kappa shape index (κ1) is 13.2. The Bertz CT molecular complexity index is 599. The highest BCUT2D eigenvalue weighted by Gasteiger charge is 2.25. The number of hydrogen-bond donors (Lipinski definition) is 1. The molecule has 20 heavy (non-hydrogen) atoms. The molecule has 0 saturated carbocycles. The highest BCUT2D eigenvalue weighted by Crippen LogP contribution is 2.18. The number of furan rings is 1. The summed E-state index contributed by atoms with van der Waals surface area (Å²) in [6.07, 6.45) is 2.69. The number of hydrogen-bond acceptors (Lipinski definition) is 4. The highest BCUT2D eigenvalue weighted by atomic mass is 79.9. The summed E-state index contributed by atoms with van der Waals surface area (Å²) in [5, 5.41) is 2.99. The lowest BCUT2D eigenvalue weighted by atomic mass is 10.2. The number of aromatic nitrogens is 1. The van der Waals surface area contributed by atoms with Crippen LogP contribution in [0.3, 0.4) is 0 Å². The van der Waals surface area contributed by atoms with Crippen LogP contribution in [0, 0.1) is 0 Å². The van der Waals surface area contributed by atoms with Crippen molar-refractivity contribution in [3.8, 4) is 0 Å². The van der Waals surface area contributed by atoms with E-state index in [2.05, 4.69) is 31.1 Å². The summed E-state index contributed by atoms with van der Waals surface area (Å²) in [4.78, 5) is 18.5. The van der Waals surface area contributed by atoms with Gasteiger partial charge in [-0.15, -0.1) is 0 Å². The third-order valence-electron chi connectivity index (χ3n) is 3.29. The fourth-order valence-corrected chi connectivity index (χ4v) is 2.63. The second kappa shape index (κ2) is 5.66. The van der Waals surface area contributed by atoms with Crippen molar-refractivity contribution in [2.24, 2.45) is 0 Å². The summed E-state index contributed by atoms with van der Waals surface area (Å²) in [5.74, 6) is 1.10. The number of nitrogens with zero attached hydrogens (tertiary/aromatic N) is 2. The molecule has 0 bridgehead atoms. The minimum absolute atomic E-state index is 0.119. The van der Waals surface area contributed by atoms with Gasteiger partial charge in [-0.3, -0.25) is 4.79 Å². The first-order valence-corrected chi connectivity index (χ1v) is 7.24. The molecule has 1 aliphatic rings. The Morgan fingerprint density at radius 3 is 3.00 bits per heavy atom. The summed E-state index contributed by atoms with van der Waals surface area (Å²) < 4.78 is 5.81. The molecule has 1 N–H and O–H groups in total. The lowest BCUT2D eigenvalue weighted by Crippen LogP contribution is -2.37. The molecule has 104 valence electrons. The van der Waals surface area contributed by atoms with Crippen LogP contribution in [-0.2, 0) is 0 Å². The Hall–Kier alpha value is -1.82. The maximum Gasteiger partial charge on any atom is 0.287 e. The number of carbonyl (C=O) groups excluding carboxylic acids is 1. The van der Waals surface area contributed by atoms with Crippen molar-refractivity contribution in [2.45, 2.75) is 12.5 Å². The molecule has 5 nitrogen and oxygen atoms in total. The van der Waals surface area contributed by atoms with Crippen molar-refractivity contribution in [3.05, 3.63) is 47.0 Å². The van der Waals surface area contributed by atoms with E-state index in [9.17, 15) is 4.79 Å². The van der Waals surface area contributed by atoms with Gasteiger partial charge >= 0.3 is 0 Å². The van der Waals surface area contributed by atoms with Gasteiger partial charge in [-0.1, -0.05) is 6.07 Å². The van der Waals surface area contributed by atoms with Gasteiger partial charge < -0.3 is 14.6 Å². The van der Waals surface area contributed by atoms with Crippen molar-refractivity contribution in [3.63, 3.8) is 0 Å². The van der Waals surface area contributed by atoms with Gasteiger partial charge in [0.05, 0.1) is 0 Å². The highest BCUT2D eigenvalue weighted by molar-refractivity contribution is 9.10. The van der Waals surface area contributed by atoms with Crippen molar-refractivity contribution >= 4 is 27.7 Å². The predicted molar refractivity (Wildman–Crippen MR) is 78.7 cm³/mol. The van der Waals surface area contributed by atoms with Gasteiger partial charge in [0.15, 0.2) is 10.4 Å². The predicted octanol–water partition coefficient (Wildman–Crippen LogP) is 2.45. The van der Waals surface area contributed by atoms with Crippen molar-refractivity contribution in [1.82, 2.24) is 10.3 Å². The van der Waals surface area contributed by atoms with Gasteiger partial charge in [-0.2, -0.15) is 0 Å². The molecular weight excluding hydrogens is 322 g/mol. The Balaban J connectivity index is 1.59. The van der Waals surface area contributed by atoms with E-state index in [-0.39, 0.29) is 11.9 Å². The van der Waals surface area contributed by atoms with E-state index in [1.165, 1.54) is 0 Å². The lowest BCUT2D eigenvalue weighted by Gasteiger charge is -2.17. The van der Waals surface area contributed by atoms with Crippen LogP contribution in [0.5, 0.6) is 0 Å². The molecule has 3 heterocycles. The molecule has 6 heteroatoms. The minimum atomic E-state index is -0.177. The summed E-state index contributed by atoms with van der Waals surface area (Å²) in [6, 6.07) is 9.33. The van der Waals surface area contributed by atoms with Gasteiger partial charge in [-0.05, 0) is 46.6 Å². The van der Waals surface area contributed by atoms with Crippen molar-refractivity contribution in [1.29, 1.82) is 0 Å².